The Morgan fingerprint density at radius 1 is 1.17 bits per heavy atom. The number of pyridine rings is 1. The topological polar surface area (TPSA) is 59.5 Å². The van der Waals surface area contributed by atoms with E-state index in [2.05, 4.69) is 4.98 Å². The predicted molar refractivity (Wildman–Crippen MR) is 86.0 cm³/mol. The number of esters is 1. The standard InChI is InChI=1S/C18H18N2O3/c1-23-18(22)15-11-17(21)20(12-15)16-4-2-13(3-5-16)10-14-6-8-19-9-7-14/h2-9,15H,10-12H2,1H3/t15-/m1/s1. The Labute approximate surface area is 134 Å². The molecule has 2 aromatic rings. The summed E-state index contributed by atoms with van der Waals surface area (Å²) >= 11 is 0. The molecule has 1 aliphatic rings. The van der Waals surface area contributed by atoms with Gasteiger partial charge in [0.25, 0.3) is 0 Å². The van der Waals surface area contributed by atoms with Crippen LogP contribution in [0, 0.1) is 5.92 Å². The molecule has 1 amide bonds. The van der Waals surface area contributed by atoms with Gasteiger partial charge in [-0.1, -0.05) is 12.1 Å². The van der Waals surface area contributed by atoms with Crippen LogP contribution >= 0.6 is 0 Å². The van der Waals surface area contributed by atoms with E-state index in [9.17, 15) is 9.59 Å². The molecular formula is C18H18N2O3. The first-order chi connectivity index (χ1) is 11.2. The molecule has 0 saturated carbocycles. The molecular weight excluding hydrogens is 292 g/mol. The first-order valence-corrected chi connectivity index (χ1v) is 7.53. The van der Waals surface area contributed by atoms with Gasteiger partial charge in [-0.2, -0.15) is 0 Å². The highest BCUT2D eigenvalue weighted by Crippen LogP contribution is 2.26. The number of benzene rings is 1. The Bertz CT molecular complexity index is 698. The summed E-state index contributed by atoms with van der Waals surface area (Å²) in [6, 6.07) is 11.8. The second-order valence-electron chi connectivity index (χ2n) is 5.63. The Morgan fingerprint density at radius 2 is 1.83 bits per heavy atom. The van der Waals surface area contributed by atoms with Crippen LogP contribution in [0.3, 0.4) is 0 Å². The number of rotatable bonds is 4. The van der Waals surface area contributed by atoms with E-state index >= 15 is 0 Å². The number of anilines is 1. The Balaban J connectivity index is 1.70. The summed E-state index contributed by atoms with van der Waals surface area (Å²) in [7, 11) is 1.35. The number of ether oxygens (including phenoxy) is 1. The van der Waals surface area contributed by atoms with Gasteiger partial charge in [-0.05, 0) is 41.8 Å². The molecule has 1 aromatic carbocycles. The fourth-order valence-corrected chi connectivity index (χ4v) is 2.81. The minimum absolute atomic E-state index is 0.0396. The second-order valence-corrected chi connectivity index (χ2v) is 5.63. The van der Waals surface area contributed by atoms with Crippen molar-refractivity contribution in [2.45, 2.75) is 12.8 Å². The van der Waals surface area contributed by atoms with Crippen molar-refractivity contribution >= 4 is 17.6 Å². The maximum atomic E-state index is 12.1. The molecule has 1 atom stereocenters. The maximum absolute atomic E-state index is 12.1. The smallest absolute Gasteiger partial charge is 0.311 e. The molecule has 1 fully saturated rings. The molecule has 118 valence electrons. The predicted octanol–water partition coefficient (Wildman–Crippen LogP) is 2.20. The highest BCUT2D eigenvalue weighted by Gasteiger charge is 2.35. The molecule has 0 N–H and O–H groups in total. The largest absolute Gasteiger partial charge is 0.469 e. The third-order valence-electron chi connectivity index (χ3n) is 4.07. The number of amides is 1. The van der Waals surface area contributed by atoms with Gasteiger partial charge in [-0.3, -0.25) is 14.6 Å². The van der Waals surface area contributed by atoms with Crippen LogP contribution in [0.2, 0.25) is 0 Å². The monoisotopic (exact) mass is 310 g/mol. The maximum Gasteiger partial charge on any atom is 0.311 e. The number of hydrogen-bond acceptors (Lipinski definition) is 4. The van der Waals surface area contributed by atoms with Crippen molar-refractivity contribution in [2.75, 3.05) is 18.6 Å². The number of carbonyl (C=O) groups is 2. The molecule has 0 unspecified atom stereocenters. The van der Waals surface area contributed by atoms with Crippen LogP contribution in [0.5, 0.6) is 0 Å². The zero-order valence-electron chi connectivity index (χ0n) is 12.9. The third-order valence-corrected chi connectivity index (χ3v) is 4.07. The number of aromatic nitrogens is 1. The van der Waals surface area contributed by atoms with E-state index in [1.165, 1.54) is 12.7 Å². The van der Waals surface area contributed by atoms with Crippen LogP contribution in [-0.4, -0.2) is 30.5 Å². The number of hydrogen-bond donors (Lipinski definition) is 0. The first-order valence-electron chi connectivity index (χ1n) is 7.53. The Kier molecular flexibility index (Phi) is 4.37. The van der Waals surface area contributed by atoms with Crippen LogP contribution in [0.25, 0.3) is 0 Å². The SMILES string of the molecule is COC(=O)[C@@H]1CC(=O)N(c2ccc(Cc3ccncc3)cc2)C1. The molecule has 5 nitrogen and oxygen atoms in total. The summed E-state index contributed by atoms with van der Waals surface area (Å²) < 4.78 is 4.73. The summed E-state index contributed by atoms with van der Waals surface area (Å²) in [5.41, 5.74) is 3.17. The van der Waals surface area contributed by atoms with Gasteiger partial charge < -0.3 is 9.64 Å². The van der Waals surface area contributed by atoms with Crippen molar-refractivity contribution in [1.82, 2.24) is 4.98 Å². The van der Waals surface area contributed by atoms with E-state index in [0.717, 1.165) is 17.7 Å². The Hall–Kier alpha value is -2.69. The average molecular weight is 310 g/mol. The van der Waals surface area contributed by atoms with Gasteiger partial charge in [-0.15, -0.1) is 0 Å². The van der Waals surface area contributed by atoms with Gasteiger partial charge in [0.1, 0.15) is 0 Å². The van der Waals surface area contributed by atoms with Gasteiger partial charge in [-0.25, -0.2) is 0 Å². The van der Waals surface area contributed by atoms with Crippen molar-refractivity contribution in [3.63, 3.8) is 0 Å². The molecule has 3 rings (SSSR count). The van der Waals surface area contributed by atoms with Crippen LogP contribution in [0.4, 0.5) is 5.69 Å². The summed E-state index contributed by atoms with van der Waals surface area (Å²) in [4.78, 5) is 29.3. The molecule has 5 heteroatoms. The first kappa shape index (κ1) is 15.2. The number of methoxy groups -OCH3 is 1. The molecule has 23 heavy (non-hydrogen) atoms. The van der Waals surface area contributed by atoms with E-state index in [1.807, 2.05) is 36.4 Å². The van der Waals surface area contributed by atoms with E-state index in [4.69, 9.17) is 4.74 Å². The molecule has 0 spiro atoms. The fraction of sp³-hybridized carbons (Fsp3) is 0.278. The van der Waals surface area contributed by atoms with Crippen molar-refractivity contribution in [1.29, 1.82) is 0 Å². The molecule has 0 bridgehead atoms. The minimum Gasteiger partial charge on any atom is -0.469 e. The molecule has 1 aliphatic heterocycles. The van der Waals surface area contributed by atoms with E-state index in [0.29, 0.717) is 6.54 Å². The second kappa shape index (κ2) is 6.60. The number of nitrogens with zero attached hydrogens (tertiary/aromatic N) is 2. The lowest BCUT2D eigenvalue weighted by molar-refractivity contribution is -0.145. The normalized spacial score (nSPS) is 17.3. The lowest BCUT2D eigenvalue weighted by Crippen LogP contribution is -2.26. The van der Waals surface area contributed by atoms with E-state index in [1.54, 1.807) is 17.3 Å². The minimum atomic E-state index is -0.371. The zero-order chi connectivity index (χ0) is 16.2. The van der Waals surface area contributed by atoms with Crippen molar-refractivity contribution in [2.24, 2.45) is 5.92 Å². The zero-order valence-corrected chi connectivity index (χ0v) is 12.9. The van der Waals surface area contributed by atoms with E-state index < -0.39 is 0 Å². The number of carbonyl (C=O) groups excluding carboxylic acids is 2. The Morgan fingerprint density at radius 3 is 2.48 bits per heavy atom. The van der Waals surface area contributed by atoms with E-state index in [-0.39, 0.29) is 24.2 Å². The highest BCUT2D eigenvalue weighted by molar-refractivity contribution is 5.99. The lowest BCUT2D eigenvalue weighted by atomic mass is 10.1. The summed E-state index contributed by atoms with van der Waals surface area (Å²) in [6.07, 6.45) is 4.59. The fourth-order valence-electron chi connectivity index (χ4n) is 2.81. The third kappa shape index (κ3) is 3.39. The van der Waals surface area contributed by atoms with Crippen molar-refractivity contribution < 1.29 is 14.3 Å². The van der Waals surface area contributed by atoms with Gasteiger partial charge in [0.15, 0.2) is 0 Å². The van der Waals surface area contributed by atoms with Crippen LogP contribution in [0.1, 0.15) is 17.5 Å². The van der Waals surface area contributed by atoms with Gasteiger partial charge in [0.2, 0.25) is 5.91 Å². The quantitative estimate of drug-likeness (QED) is 0.812. The van der Waals surface area contributed by atoms with Crippen LogP contribution in [-0.2, 0) is 20.7 Å². The van der Waals surface area contributed by atoms with Crippen molar-refractivity contribution in [3.05, 3.63) is 59.9 Å². The summed E-state index contributed by atoms with van der Waals surface area (Å²) in [6.45, 7) is 0.384. The molecule has 2 heterocycles. The summed E-state index contributed by atoms with van der Waals surface area (Å²) in [5, 5.41) is 0. The summed E-state index contributed by atoms with van der Waals surface area (Å²) in [5.74, 6) is -0.735. The molecule has 1 saturated heterocycles. The lowest BCUT2D eigenvalue weighted by Gasteiger charge is -2.16. The average Bonchev–Trinajstić information content (AvgIpc) is 2.98. The highest BCUT2D eigenvalue weighted by atomic mass is 16.5. The molecule has 0 aliphatic carbocycles. The van der Waals surface area contributed by atoms with Crippen molar-refractivity contribution in [3.8, 4) is 0 Å². The van der Waals surface area contributed by atoms with Gasteiger partial charge >= 0.3 is 5.97 Å². The van der Waals surface area contributed by atoms with Gasteiger partial charge in [0.05, 0.1) is 13.0 Å². The van der Waals surface area contributed by atoms with Gasteiger partial charge in [0, 0.05) is 31.0 Å². The molecule has 0 radical (unpaired) electrons. The molecule has 1 aromatic heterocycles. The van der Waals surface area contributed by atoms with Crippen LogP contribution < -0.4 is 4.90 Å². The van der Waals surface area contributed by atoms with Crippen LogP contribution in [0.15, 0.2) is 48.8 Å².